The molecular weight excluding hydrogens is 340 g/mol. The summed E-state index contributed by atoms with van der Waals surface area (Å²) in [6, 6.07) is 8.31. The number of carbonyl (C=O) groups excluding carboxylic acids is 1. The summed E-state index contributed by atoms with van der Waals surface area (Å²) in [7, 11) is 5.53. The van der Waals surface area contributed by atoms with Crippen LogP contribution in [-0.4, -0.2) is 47.8 Å². The van der Waals surface area contributed by atoms with Crippen molar-refractivity contribution < 1.29 is 9.53 Å². The number of rotatable bonds is 7. The molecule has 6 nitrogen and oxygen atoms in total. The molecule has 0 aliphatic carbocycles. The van der Waals surface area contributed by atoms with Gasteiger partial charge in [-0.2, -0.15) is 5.10 Å². The molecular formula is C21H30N4O2. The molecule has 0 spiro atoms. The van der Waals surface area contributed by atoms with Gasteiger partial charge in [0, 0.05) is 50.8 Å². The molecule has 2 heterocycles. The Hall–Kier alpha value is -2.34. The van der Waals surface area contributed by atoms with E-state index in [-0.39, 0.29) is 17.9 Å². The van der Waals surface area contributed by atoms with Gasteiger partial charge in [0.1, 0.15) is 5.75 Å². The van der Waals surface area contributed by atoms with E-state index in [0.717, 1.165) is 30.1 Å². The number of carbonyl (C=O) groups is 1. The predicted molar refractivity (Wildman–Crippen MR) is 106 cm³/mol. The Morgan fingerprint density at radius 1 is 1.30 bits per heavy atom. The average Bonchev–Trinajstić information content (AvgIpc) is 3.14. The molecule has 1 aliphatic heterocycles. The third-order valence-corrected chi connectivity index (χ3v) is 5.83. The molecule has 1 aromatic carbocycles. The molecule has 3 rings (SSSR count). The summed E-state index contributed by atoms with van der Waals surface area (Å²) < 4.78 is 7.10. The summed E-state index contributed by atoms with van der Waals surface area (Å²) in [6.07, 6.45) is 2.49. The summed E-state index contributed by atoms with van der Waals surface area (Å²) in [5.74, 6) is 1.73. The Morgan fingerprint density at radius 3 is 2.59 bits per heavy atom. The molecule has 0 bridgehead atoms. The van der Waals surface area contributed by atoms with Gasteiger partial charge < -0.3 is 15.0 Å². The van der Waals surface area contributed by atoms with Crippen LogP contribution in [0.2, 0.25) is 0 Å². The number of aromatic nitrogens is 2. The minimum atomic E-state index is 0.0926. The van der Waals surface area contributed by atoms with Gasteiger partial charge in [0.2, 0.25) is 5.91 Å². The predicted octanol–water partition coefficient (Wildman–Crippen LogP) is 2.65. The first-order valence-corrected chi connectivity index (χ1v) is 9.51. The van der Waals surface area contributed by atoms with Crippen LogP contribution < -0.4 is 10.1 Å². The van der Waals surface area contributed by atoms with E-state index in [2.05, 4.69) is 36.4 Å². The first-order chi connectivity index (χ1) is 12.9. The molecule has 6 heteroatoms. The van der Waals surface area contributed by atoms with E-state index >= 15 is 0 Å². The molecule has 1 aliphatic rings. The first-order valence-electron chi connectivity index (χ1n) is 9.51. The number of amides is 1. The topological polar surface area (TPSA) is 59.4 Å². The molecule has 27 heavy (non-hydrogen) atoms. The molecule has 1 aromatic heterocycles. The number of hydrogen-bond donors (Lipinski definition) is 1. The van der Waals surface area contributed by atoms with Crippen molar-refractivity contribution in [3.8, 4) is 5.75 Å². The maximum atomic E-state index is 12.3. The lowest BCUT2D eigenvalue weighted by atomic mass is 9.93. The molecule has 1 unspecified atom stereocenters. The number of nitrogens with zero attached hydrogens (tertiary/aromatic N) is 3. The molecule has 1 saturated heterocycles. The van der Waals surface area contributed by atoms with Crippen molar-refractivity contribution in [2.75, 3.05) is 27.2 Å². The molecule has 1 N–H and O–H groups in total. The van der Waals surface area contributed by atoms with Gasteiger partial charge in [0.15, 0.2) is 0 Å². The quantitative estimate of drug-likeness (QED) is 0.814. The van der Waals surface area contributed by atoms with E-state index in [1.54, 1.807) is 7.11 Å². The highest BCUT2D eigenvalue weighted by atomic mass is 16.5. The van der Waals surface area contributed by atoms with Crippen molar-refractivity contribution in [3.63, 3.8) is 0 Å². The van der Waals surface area contributed by atoms with Crippen LogP contribution in [0.15, 0.2) is 30.5 Å². The van der Waals surface area contributed by atoms with Crippen molar-refractivity contribution in [1.82, 2.24) is 20.0 Å². The molecule has 1 fully saturated rings. The maximum absolute atomic E-state index is 12.3. The standard InChI is InChI=1S/C21H30N4O2/c1-14(16-6-8-18(27-5)9-7-16)11-22-12-17-10-20(26)24(3)21(17)19-13-23-25(4)15(19)2/h6-9,13-14,17,21-22H,10-12H2,1-5H3/t14?,17-,21+/m0/s1. The van der Waals surface area contributed by atoms with E-state index < -0.39 is 0 Å². The minimum Gasteiger partial charge on any atom is -0.497 e. The fraction of sp³-hybridized carbons (Fsp3) is 0.524. The number of likely N-dealkylation sites (tertiary alicyclic amines) is 1. The van der Waals surface area contributed by atoms with E-state index in [4.69, 9.17) is 4.74 Å². The molecule has 1 amide bonds. The van der Waals surface area contributed by atoms with Crippen LogP contribution in [0.5, 0.6) is 5.75 Å². The van der Waals surface area contributed by atoms with Crippen LogP contribution in [0.25, 0.3) is 0 Å². The second-order valence-electron chi connectivity index (χ2n) is 7.56. The highest BCUT2D eigenvalue weighted by Gasteiger charge is 2.39. The Labute approximate surface area is 161 Å². The van der Waals surface area contributed by atoms with Gasteiger partial charge in [-0.25, -0.2) is 0 Å². The number of benzene rings is 1. The smallest absolute Gasteiger partial charge is 0.223 e. The van der Waals surface area contributed by atoms with Gasteiger partial charge in [-0.05, 0) is 30.5 Å². The van der Waals surface area contributed by atoms with Gasteiger partial charge >= 0.3 is 0 Å². The lowest BCUT2D eigenvalue weighted by Gasteiger charge is -2.25. The minimum absolute atomic E-state index is 0.0926. The second-order valence-corrected chi connectivity index (χ2v) is 7.56. The summed E-state index contributed by atoms with van der Waals surface area (Å²) in [6.45, 7) is 5.97. The third-order valence-electron chi connectivity index (χ3n) is 5.83. The third kappa shape index (κ3) is 4.00. The number of methoxy groups -OCH3 is 1. The van der Waals surface area contributed by atoms with Crippen LogP contribution in [0.1, 0.15) is 42.1 Å². The fourth-order valence-corrected chi connectivity index (χ4v) is 3.94. The average molecular weight is 370 g/mol. The largest absolute Gasteiger partial charge is 0.497 e. The lowest BCUT2D eigenvalue weighted by Crippen LogP contribution is -2.31. The van der Waals surface area contributed by atoms with Crippen molar-refractivity contribution in [1.29, 1.82) is 0 Å². The highest BCUT2D eigenvalue weighted by Crippen LogP contribution is 2.37. The summed E-state index contributed by atoms with van der Waals surface area (Å²) in [5, 5.41) is 7.95. The monoisotopic (exact) mass is 370 g/mol. The molecule has 0 saturated carbocycles. The van der Waals surface area contributed by atoms with E-state index in [1.165, 1.54) is 5.56 Å². The maximum Gasteiger partial charge on any atom is 0.223 e. The van der Waals surface area contributed by atoms with E-state index in [9.17, 15) is 4.79 Å². The van der Waals surface area contributed by atoms with Gasteiger partial charge in [-0.15, -0.1) is 0 Å². The van der Waals surface area contributed by atoms with Crippen LogP contribution >= 0.6 is 0 Å². The van der Waals surface area contributed by atoms with Gasteiger partial charge in [-0.3, -0.25) is 9.48 Å². The summed E-state index contributed by atoms with van der Waals surface area (Å²) in [4.78, 5) is 14.2. The highest BCUT2D eigenvalue weighted by molar-refractivity contribution is 5.79. The lowest BCUT2D eigenvalue weighted by molar-refractivity contribution is -0.127. The van der Waals surface area contributed by atoms with Crippen molar-refractivity contribution in [2.45, 2.75) is 32.2 Å². The zero-order chi connectivity index (χ0) is 19.6. The SMILES string of the molecule is COc1ccc(C(C)CNC[C@@H]2CC(=O)N(C)[C@H]2c2cnn(C)c2C)cc1. The Morgan fingerprint density at radius 2 is 2.00 bits per heavy atom. The second kappa shape index (κ2) is 8.13. The normalized spacial score (nSPS) is 20.9. The Bertz CT molecular complexity index is 784. The van der Waals surface area contributed by atoms with Gasteiger partial charge in [0.05, 0.1) is 19.3 Å². The van der Waals surface area contributed by atoms with Crippen LogP contribution in [0.3, 0.4) is 0 Å². The molecule has 2 aromatic rings. The first kappa shape index (κ1) is 19.4. The van der Waals surface area contributed by atoms with Crippen LogP contribution in [0, 0.1) is 12.8 Å². The Kier molecular flexibility index (Phi) is 5.85. The van der Waals surface area contributed by atoms with Crippen molar-refractivity contribution in [2.24, 2.45) is 13.0 Å². The zero-order valence-electron chi connectivity index (χ0n) is 16.9. The number of aryl methyl sites for hydroxylation is 1. The molecule has 146 valence electrons. The Balaban J connectivity index is 1.61. The molecule has 0 radical (unpaired) electrons. The number of hydrogen-bond acceptors (Lipinski definition) is 4. The number of nitrogens with one attached hydrogen (secondary N) is 1. The van der Waals surface area contributed by atoms with Gasteiger partial charge in [-0.1, -0.05) is 19.1 Å². The van der Waals surface area contributed by atoms with Gasteiger partial charge in [0.25, 0.3) is 0 Å². The fourth-order valence-electron chi connectivity index (χ4n) is 3.94. The van der Waals surface area contributed by atoms with Crippen molar-refractivity contribution in [3.05, 3.63) is 47.3 Å². The summed E-state index contributed by atoms with van der Waals surface area (Å²) >= 11 is 0. The van der Waals surface area contributed by atoms with Crippen LogP contribution in [0.4, 0.5) is 0 Å². The van der Waals surface area contributed by atoms with Crippen LogP contribution in [-0.2, 0) is 11.8 Å². The molecule has 3 atom stereocenters. The zero-order valence-corrected chi connectivity index (χ0v) is 16.9. The number of ether oxygens (including phenoxy) is 1. The van der Waals surface area contributed by atoms with Crippen molar-refractivity contribution >= 4 is 5.91 Å². The van der Waals surface area contributed by atoms with E-state index in [0.29, 0.717) is 12.3 Å². The summed E-state index contributed by atoms with van der Waals surface area (Å²) in [5.41, 5.74) is 3.56. The van der Waals surface area contributed by atoms with E-state index in [1.807, 2.05) is 42.0 Å².